The number of hydrogen-bond acceptors (Lipinski definition) is 5. The van der Waals surface area contributed by atoms with Crippen molar-refractivity contribution in [1.29, 1.82) is 0 Å². The summed E-state index contributed by atoms with van der Waals surface area (Å²) in [5.74, 6) is -0.869. The fraction of sp³-hybridized carbons (Fsp3) is 0.448. The lowest BCUT2D eigenvalue weighted by Gasteiger charge is -2.41. The molecule has 3 aromatic rings. The normalized spacial score (nSPS) is 17.1. The second-order valence-corrected chi connectivity index (χ2v) is 10.5. The molecule has 1 N–H and O–H groups in total. The number of halogens is 6. The quantitative estimate of drug-likeness (QED) is 0.145. The van der Waals surface area contributed by atoms with Crippen LogP contribution in [0.2, 0.25) is 0 Å². The van der Waals surface area contributed by atoms with E-state index >= 15 is 0 Å². The molecule has 228 valence electrons. The van der Waals surface area contributed by atoms with Crippen molar-refractivity contribution < 1.29 is 36.0 Å². The number of piperazine rings is 1. The number of carbonyl (C=O) groups excluding carboxylic acids is 1. The molecule has 1 aliphatic rings. The van der Waals surface area contributed by atoms with Crippen LogP contribution in [0.15, 0.2) is 53.8 Å². The van der Waals surface area contributed by atoms with Gasteiger partial charge in [0.05, 0.1) is 11.1 Å². The van der Waals surface area contributed by atoms with Crippen LogP contribution in [0, 0.1) is 0 Å². The van der Waals surface area contributed by atoms with Crippen LogP contribution in [0.4, 0.5) is 26.3 Å². The monoisotopic (exact) mass is 597 g/mol. The first kappa shape index (κ1) is 31.4. The number of benzene rings is 2. The maximum absolute atomic E-state index is 13.6. The second-order valence-electron chi connectivity index (χ2n) is 10.5. The van der Waals surface area contributed by atoms with Crippen LogP contribution < -0.4 is 0 Å². The molecule has 0 radical (unpaired) electrons. The number of alkyl halides is 6. The molecule has 0 unspecified atom stereocenters. The summed E-state index contributed by atoms with van der Waals surface area (Å²) >= 11 is 0. The predicted molar refractivity (Wildman–Crippen MR) is 147 cm³/mol. The number of para-hydroxylation sites is 1. The van der Waals surface area contributed by atoms with Crippen LogP contribution in [-0.4, -0.2) is 91.3 Å². The average molecular weight is 598 g/mol. The third-order valence-electron chi connectivity index (χ3n) is 7.15. The van der Waals surface area contributed by atoms with Gasteiger partial charge in [-0.1, -0.05) is 23.4 Å². The third kappa shape index (κ3) is 8.03. The van der Waals surface area contributed by atoms with Crippen LogP contribution in [0.25, 0.3) is 10.9 Å². The average Bonchev–Trinajstić information content (AvgIpc) is 3.33. The number of hydrogen-bond donors (Lipinski definition) is 1. The number of likely N-dealkylation sites (N-methyl/N-ethyl adjacent to an activating group) is 1. The number of nitrogens with zero attached hydrogens (tertiary/aromatic N) is 4. The predicted octanol–water partition coefficient (Wildman–Crippen LogP) is 5.53. The van der Waals surface area contributed by atoms with Crippen molar-refractivity contribution >= 4 is 23.0 Å². The van der Waals surface area contributed by atoms with E-state index in [0.29, 0.717) is 51.2 Å². The van der Waals surface area contributed by atoms with Crippen molar-refractivity contribution in [2.45, 2.75) is 31.2 Å². The first-order valence-electron chi connectivity index (χ1n) is 13.5. The Hall–Kier alpha value is -3.58. The van der Waals surface area contributed by atoms with Gasteiger partial charge in [0.1, 0.15) is 6.61 Å². The largest absolute Gasteiger partial charge is 0.416 e. The Kier molecular flexibility index (Phi) is 9.82. The minimum Gasteiger partial charge on any atom is -0.395 e. The Morgan fingerprint density at radius 1 is 1.07 bits per heavy atom. The summed E-state index contributed by atoms with van der Waals surface area (Å²) in [4.78, 5) is 27.5. The number of nitrogens with one attached hydrogen (secondary N) is 1. The number of amides is 1. The van der Waals surface area contributed by atoms with Crippen LogP contribution in [0.5, 0.6) is 0 Å². The molecule has 7 nitrogen and oxygen atoms in total. The van der Waals surface area contributed by atoms with Crippen molar-refractivity contribution in [2.75, 3.05) is 53.4 Å². The number of aromatic amines is 1. The van der Waals surface area contributed by atoms with E-state index in [-0.39, 0.29) is 12.6 Å². The highest BCUT2D eigenvalue weighted by Gasteiger charge is 2.39. The number of fused-ring (bicyclic) bond motifs is 1. The summed E-state index contributed by atoms with van der Waals surface area (Å²) in [5.41, 5.74) is -1.89. The number of aromatic nitrogens is 1. The van der Waals surface area contributed by atoms with Gasteiger partial charge in [-0.2, -0.15) is 26.3 Å². The molecule has 2 aromatic carbocycles. The number of oxime groups is 1. The lowest BCUT2D eigenvalue weighted by atomic mass is 9.98. The lowest BCUT2D eigenvalue weighted by molar-refractivity contribution is -0.143. The van der Waals surface area contributed by atoms with Crippen LogP contribution in [-0.2, 0) is 23.6 Å². The van der Waals surface area contributed by atoms with Gasteiger partial charge < -0.3 is 19.6 Å². The molecule has 1 atom stereocenters. The summed E-state index contributed by atoms with van der Waals surface area (Å²) in [5, 5.41) is 4.88. The second kappa shape index (κ2) is 13.2. The molecule has 42 heavy (non-hydrogen) atoms. The maximum Gasteiger partial charge on any atom is 0.416 e. The van der Waals surface area contributed by atoms with Crippen molar-refractivity contribution in [3.63, 3.8) is 0 Å². The number of H-pyrrole nitrogens is 1. The maximum atomic E-state index is 13.6. The number of carbonyl (C=O) groups is 1. The van der Waals surface area contributed by atoms with E-state index in [2.05, 4.69) is 15.0 Å². The molecular formula is C29H33F6N5O2. The van der Waals surface area contributed by atoms with Gasteiger partial charge in [0.25, 0.3) is 5.91 Å². The first-order valence-corrected chi connectivity index (χ1v) is 13.5. The smallest absolute Gasteiger partial charge is 0.395 e. The fourth-order valence-electron chi connectivity index (χ4n) is 4.99. The van der Waals surface area contributed by atoms with Crippen molar-refractivity contribution in [1.82, 2.24) is 19.7 Å². The molecule has 1 aliphatic heterocycles. The standard InChI is InChI=1S/C29H33F6N5O2/c1-38(2)12-13-42-37-8-5-9-39-10-11-40(24(19-39)16-21-18-36-26-7-4-3-6-25(21)26)27(41)20-14-22(28(30,31)32)17-23(15-20)29(33,34)35/h3-4,6-8,14-15,17-18,24,36H,5,9-13,16,19H2,1-2H3/b37-8+/t24-/m1/s1. The SMILES string of the molecule is CN(C)CCO/N=C/CCN1CCN(C(=O)c2cc(C(F)(F)F)cc(C(F)(F)F)c2)[C@H](Cc2c[nH]c3ccccc23)C1. The fourth-order valence-corrected chi connectivity index (χ4v) is 4.99. The summed E-state index contributed by atoms with van der Waals surface area (Å²) in [7, 11) is 3.85. The highest BCUT2D eigenvalue weighted by molar-refractivity contribution is 5.95. The Balaban J connectivity index is 1.56. The van der Waals surface area contributed by atoms with Crippen molar-refractivity contribution in [3.8, 4) is 0 Å². The molecule has 2 heterocycles. The Labute approximate surface area is 239 Å². The Morgan fingerprint density at radius 3 is 2.43 bits per heavy atom. The van der Waals surface area contributed by atoms with Gasteiger partial charge in [0.2, 0.25) is 0 Å². The van der Waals surface area contributed by atoms with Crippen molar-refractivity contribution in [2.24, 2.45) is 5.16 Å². The molecule has 0 spiro atoms. The van der Waals surface area contributed by atoms with E-state index in [0.717, 1.165) is 23.0 Å². The van der Waals surface area contributed by atoms with Gasteiger partial charge in [-0.3, -0.25) is 9.69 Å². The molecular weight excluding hydrogens is 564 g/mol. The zero-order valence-corrected chi connectivity index (χ0v) is 23.3. The molecule has 0 bridgehead atoms. The minimum atomic E-state index is -5.05. The highest BCUT2D eigenvalue weighted by atomic mass is 19.4. The van der Waals surface area contributed by atoms with Gasteiger partial charge >= 0.3 is 12.4 Å². The third-order valence-corrected chi connectivity index (χ3v) is 7.15. The Morgan fingerprint density at radius 2 is 1.76 bits per heavy atom. The molecule has 13 heteroatoms. The molecule has 1 saturated heterocycles. The van der Waals surface area contributed by atoms with Gasteiger partial charge in [-0.05, 0) is 56.8 Å². The van der Waals surface area contributed by atoms with E-state index in [1.807, 2.05) is 49.5 Å². The zero-order chi connectivity index (χ0) is 30.5. The van der Waals surface area contributed by atoms with Gasteiger partial charge in [-0.15, -0.1) is 0 Å². The summed E-state index contributed by atoms with van der Waals surface area (Å²) in [6, 6.07) is 8.10. The van der Waals surface area contributed by atoms with Crippen molar-refractivity contribution in [3.05, 3.63) is 70.9 Å². The zero-order valence-electron chi connectivity index (χ0n) is 23.3. The molecule has 1 fully saturated rings. The van der Waals surface area contributed by atoms with Crippen LogP contribution >= 0.6 is 0 Å². The van der Waals surface area contributed by atoms with E-state index in [1.54, 1.807) is 6.21 Å². The van der Waals surface area contributed by atoms with E-state index in [9.17, 15) is 31.1 Å². The van der Waals surface area contributed by atoms with Gasteiger partial charge in [0.15, 0.2) is 0 Å². The van der Waals surface area contributed by atoms with Crippen LogP contribution in [0.3, 0.4) is 0 Å². The molecule has 1 aromatic heterocycles. The van der Waals surface area contributed by atoms with Gasteiger partial charge in [-0.25, -0.2) is 0 Å². The topological polar surface area (TPSA) is 64.2 Å². The van der Waals surface area contributed by atoms with E-state index in [4.69, 9.17) is 4.84 Å². The minimum absolute atomic E-state index is 0.0317. The highest BCUT2D eigenvalue weighted by Crippen LogP contribution is 2.37. The lowest BCUT2D eigenvalue weighted by Crippen LogP contribution is -2.56. The summed E-state index contributed by atoms with van der Waals surface area (Å²) < 4.78 is 81.0. The van der Waals surface area contributed by atoms with Crippen LogP contribution in [0.1, 0.15) is 33.5 Å². The molecule has 0 saturated carbocycles. The molecule has 4 rings (SSSR count). The summed E-state index contributed by atoms with van der Waals surface area (Å²) in [6.07, 6.45) is -5.69. The first-order chi connectivity index (χ1) is 19.8. The number of rotatable bonds is 10. The Bertz CT molecular complexity index is 1350. The summed E-state index contributed by atoms with van der Waals surface area (Å²) in [6.45, 7) is 2.68. The van der Waals surface area contributed by atoms with Gasteiger partial charge in [0, 0.05) is 67.6 Å². The van der Waals surface area contributed by atoms with E-state index < -0.39 is 41.0 Å². The van der Waals surface area contributed by atoms with E-state index in [1.165, 1.54) is 4.90 Å². The molecule has 1 amide bonds. The molecule has 0 aliphatic carbocycles.